The number of benzene rings is 1. The van der Waals surface area contributed by atoms with E-state index in [1.807, 2.05) is 19.1 Å². The number of halogens is 5. The lowest BCUT2D eigenvalue weighted by atomic mass is 10.0. The number of hydrogen-bond donors (Lipinski definition) is 1. The van der Waals surface area contributed by atoms with Gasteiger partial charge in [0.1, 0.15) is 17.3 Å². The third-order valence-electron chi connectivity index (χ3n) is 3.98. The van der Waals surface area contributed by atoms with Gasteiger partial charge in [0.05, 0.1) is 6.04 Å². The number of ether oxygens (including phenoxy) is 1. The summed E-state index contributed by atoms with van der Waals surface area (Å²) in [7, 11) is 0. The Bertz CT molecular complexity index is 671. The lowest BCUT2D eigenvalue weighted by Gasteiger charge is -2.34. The molecule has 1 aliphatic heterocycles. The van der Waals surface area contributed by atoms with E-state index in [1.165, 1.54) is 12.1 Å². The minimum absolute atomic E-state index is 0. The summed E-state index contributed by atoms with van der Waals surface area (Å²) in [5.41, 5.74) is 0.876. The summed E-state index contributed by atoms with van der Waals surface area (Å²) in [6.45, 7) is 5.28. The maximum absolute atomic E-state index is 12.3. The summed E-state index contributed by atoms with van der Waals surface area (Å²) in [6, 6.07) is 9.69. The van der Waals surface area contributed by atoms with Gasteiger partial charge in [-0.1, -0.05) is 12.1 Å². The van der Waals surface area contributed by atoms with E-state index >= 15 is 0 Å². The van der Waals surface area contributed by atoms with E-state index in [2.05, 4.69) is 15.0 Å². The van der Waals surface area contributed by atoms with Crippen molar-refractivity contribution < 1.29 is 22.3 Å². The molecule has 0 spiro atoms. The van der Waals surface area contributed by atoms with Gasteiger partial charge in [-0.2, -0.15) is 0 Å². The number of nitrogens with one attached hydrogen (secondary N) is 1. The largest absolute Gasteiger partial charge is 0.573 e. The number of rotatable bonds is 4. The normalized spacial score (nSPS) is 16.3. The van der Waals surface area contributed by atoms with Gasteiger partial charge in [-0.05, 0) is 36.8 Å². The molecule has 9 heteroatoms. The van der Waals surface area contributed by atoms with Crippen LogP contribution in [0.2, 0.25) is 0 Å². The predicted octanol–water partition coefficient (Wildman–Crippen LogP) is 4.32. The highest BCUT2D eigenvalue weighted by atomic mass is 35.5. The second-order valence-electron chi connectivity index (χ2n) is 5.75. The monoisotopic (exact) mass is 412 g/mol. The second-order valence-corrected chi connectivity index (χ2v) is 5.75. The minimum Gasteiger partial charge on any atom is -0.464 e. The molecule has 1 saturated heterocycles. The summed E-state index contributed by atoms with van der Waals surface area (Å²) in [6.07, 6.45) is -4.68. The van der Waals surface area contributed by atoms with E-state index in [9.17, 15) is 13.2 Å². The number of hydrogen-bond acceptors (Lipinski definition) is 4. The topological polar surface area (TPSA) is 37.6 Å². The molecular formula is C17H21Cl2F3N2O2. The number of alkyl halides is 3. The molecule has 2 aromatic rings. The predicted molar refractivity (Wildman–Crippen MR) is 97.4 cm³/mol. The van der Waals surface area contributed by atoms with Gasteiger partial charge >= 0.3 is 6.36 Å². The molecule has 26 heavy (non-hydrogen) atoms. The molecule has 146 valence electrons. The Hall–Kier alpha value is -1.41. The molecule has 0 saturated carbocycles. The molecular weight excluding hydrogens is 392 g/mol. The van der Waals surface area contributed by atoms with E-state index in [0.29, 0.717) is 0 Å². The molecule has 0 unspecified atom stereocenters. The van der Waals surface area contributed by atoms with Crippen molar-refractivity contribution in [2.45, 2.75) is 19.3 Å². The van der Waals surface area contributed by atoms with Crippen LogP contribution in [0.3, 0.4) is 0 Å². The third kappa shape index (κ3) is 5.81. The van der Waals surface area contributed by atoms with Crippen molar-refractivity contribution in [2.75, 3.05) is 26.2 Å². The van der Waals surface area contributed by atoms with Crippen LogP contribution in [0.1, 0.15) is 23.1 Å². The van der Waals surface area contributed by atoms with Crippen molar-refractivity contribution in [2.24, 2.45) is 0 Å². The zero-order valence-corrected chi connectivity index (χ0v) is 15.7. The first-order chi connectivity index (χ1) is 11.4. The Morgan fingerprint density at radius 1 is 1.04 bits per heavy atom. The van der Waals surface area contributed by atoms with Crippen LogP contribution in [-0.4, -0.2) is 37.4 Å². The van der Waals surface area contributed by atoms with Crippen LogP contribution < -0.4 is 10.1 Å². The molecule has 1 aromatic heterocycles. The lowest BCUT2D eigenvalue weighted by Crippen LogP contribution is -2.45. The average molecular weight is 413 g/mol. The molecule has 4 nitrogen and oxygen atoms in total. The zero-order valence-electron chi connectivity index (χ0n) is 14.1. The number of nitrogens with zero attached hydrogens (tertiary/aromatic N) is 1. The summed E-state index contributed by atoms with van der Waals surface area (Å²) in [4.78, 5) is 2.26. The first kappa shape index (κ1) is 22.6. The summed E-state index contributed by atoms with van der Waals surface area (Å²) < 4.78 is 46.7. The van der Waals surface area contributed by atoms with Crippen molar-refractivity contribution in [3.8, 4) is 5.75 Å². The molecule has 0 radical (unpaired) electrons. The third-order valence-corrected chi connectivity index (χ3v) is 3.98. The van der Waals surface area contributed by atoms with Crippen molar-refractivity contribution in [3.63, 3.8) is 0 Å². The van der Waals surface area contributed by atoms with Gasteiger partial charge in [0.2, 0.25) is 0 Å². The first-order valence-electron chi connectivity index (χ1n) is 7.79. The highest BCUT2D eigenvalue weighted by Crippen LogP contribution is 2.32. The van der Waals surface area contributed by atoms with Gasteiger partial charge in [-0.25, -0.2) is 0 Å². The van der Waals surface area contributed by atoms with Crippen LogP contribution in [-0.2, 0) is 0 Å². The van der Waals surface area contributed by atoms with Gasteiger partial charge in [-0.15, -0.1) is 38.0 Å². The molecule has 1 fully saturated rings. The Morgan fingerprint density at radius 2 is 1.65 bits per heavy atom. The number of furan rings is 1. The fraction of sp³-hybridized carbons (Fsp3) is 0.412. The van der Waals surface area contributed by atoms with E-state index < -0.39 is 6.36 Å². The molecule has 0 amide bonds. The van der Waals surface area contributed by atoms with E-state index in [4.69, 9.17) is 4.42 Å². The maximum Gasteiger partial charge on any atom is 0.573 e. The van der Waals surface area contributed by atoms with Crippen molar-refractivity contribution in [3.05, 3.63) is 53.5 Å². The Kier molecular flexibility index (Phi) is 8.27. The average Bonchev–Trinajstić information content (AvgIpc) is 2.95. The van der Waals surface area contributed by atoms with E-state index in [-0.39, 0.29) is 36.6 Å². The fourth-order valence-electron chi connectivity index (χ4n) is 2.95. The van der Waals surface area contributed by atoms with E-state index in [1.54, 1.807) is 12.1 Å². The maximum atomic E-state index is 12.3. The molecule has 3 rings (SSSR count). The molecule has 2 heterocycles. The highest BCUT2D eigenvalue weighted by molar-refractivity contribution is 5.85. The van der Waals surface area contributed by atoms with Crippen molar-refractivity contribution >= 4 is 24.8 Å². The van der Waals surface area contributed by atoms with E-state index in [0.717, 1.165) is 43.3 Å². The van der Waals surface area contributed by atoms with Crippen LogP contribution in [0, 0.1) is 6.92 Å². The SMILES string of the molecule is Cc1ccc([C@H](c2ccc(OC(F)(F)F)cc2)N2CCNCC2)o1.Cl.Cl. The van der Waals surface area contributed by atoms with Gasteiger partial charge in [-0.3, -0.25) is 4.90 Å². The standard InChI is InChI=1S/C17H19F3N2O2.2ClH/c1-12-2-7-15(23-12)16(22-10-8-21-9-11-22)13-3-5-14(6-4-13)24-17(18,19)20;;/h2-7,16,21H,8-11H2,1H3;2*1H/t16-;;/m0../s1. The van der Waals surface area contributed by atoms with Crippen LogP contribution in [0.15, 0.2) is 40.8 Å². The molecule has 1 aliphatic rings. The number of aryl methyl sites for hydroxylation is 1. The van der Waals surface area contributed by atoms with Gasteiger partial charge in [0.15, 0.2) is 0 Å². The molecule has 0 aliphatic carbocycles. The van der Waals surface area contributed by atoms with Crippen LogP contribution in [0.5, 0.6) is 5.75 Å². The lowest BCUT2D eigenvalue weighted by molar-refractivity contribution is -0.274. The summed E-state index contributed by atoms with van der Waals surface area (Å²) in [5.74, 6) is 1.38. The minimum atomic E-state index is -4.68. The number of piperazine rings is 1. The molecule has 0 bridgehead atoms. The van der Waals surface area contributed by atoms with Crippen molar-refractivity contribution in [1.29, 1.82) is 0 Å². The van der Waals surface area contributed by atoms with Gasteiger partial charge in [0.25, 0.3) is 0 Å². The quantitative estimate of drug-likeness (QED) is 0.810. The Labute approximate surface area is 162 Å². The van der Waals surface area contributed by atoms with Gasteiger partial charge in [0, 0.05) is 26.2 Å². The zero-order chi connectivity index (χ0) is 17.2. The first-order valence-corrected chi connectivity index (χ1v) is 7.79. The fourth-order valence-corrected chi connectivity index (χ4v) is 2.95. The Morgan fingerprint density at radius 3 is 2.15 bits per heavy atom. The molecule has 1 aromatic carbocycles. The smallest absolute Gasteiger partial charge is 0.464 e. The van der Waals surface area contributed by atoms with Crippen molar-refractivity contribution in [1.82, 2.24) is 10.2 Å². The molecule has 1 N–H and O–H groups in total. The van der Waals surface area contributed by atoms with Gasteiger partial charge < -0.3 is 14.5 Å². The second kappa shape index (κ2) is 9.50. The molecule has 1 atom stereocenters. The van der Waals surface area contributed by atoms with Crippen LogP contribution >= 0.6 is 24.8 Å². The highest BCUT2D eigenvalue weighted by Gasteiger charge is 2.31. The van der Waals surface area contributed by atoms with Crippen LogP contribution in [0.25, 0.3) is 0 Å². The summed E-state index contributed by atoms with van der Waals surface area (Å²) >= 11 is 0. The van der Waals surface area contributed by atoms with Crippen LogP contribution in [0.4, 0.5) is 13.2 Å². The Balaban J connectivity index is 0.00000169. The summed E-state index contributed by atoms with van der Waals surface area (Å²) in [5, 5.41) is 3.30.